The van der Waals surface area contributed by atoms with Crippen LogP contribution in [0.2, 0.25) is 0 Å². The molecule has 1 saturated heterocycles. The minimum atomic E-state index is -0.0137. The minimum Gasteiger partial charge on any atom is -0.339 e. The van der Waals surface area contributed by atoms with Gasteiger partial charge in [0.1, 0.15) is 0 Å². The predicted molar refractivity (Wildman–Crippen MR) is 77.8 cm³/mol. The summed E-state index contributed by atoms with van der Waals surface area (Å²) < 4.78 is 0. The van der Waals surface area contributed by atoms with Crippen LogP contribution in [0.15, 0.2) is 30.3 Å². The number of likely N-dealkylation sites (tertiary alicyclic amines) is 1. The van der Waals surface area contributed by atoms with Crippen LogP contribution in [0.3, 0.4) is 0 Å². The smallest absolute Gasteiger partial charge is 0.230 e. The van der Waals surface area contributed by atoms with E-state index in [1.165, 1.54) is 0 Å². The van der Waals surface area contributed by atoms with Crippen LogP contribution >= 0.6 is 0 Å². The van der Waals surface area contributed by atoms with Gasteiger partial charge >= 0.3 is 0 Å². The second-order valence-corrected chi connectivity index (χ2v) is 5.55. The van der Waals surface area contributed by atoms with Gasteiger partial charge in [0, 0.05) is 12.6 Å². The summed E-state index contributed by atoms with van der Waals surface area (Å²) in [6, 6.07) is 10.4. The Kier molecular flexibility index (Phi) is 4.59. The van der Waals surface area contributed by atoms with E-state index in [0.717, 1.165) is 24.9 Å². The molecular weight excluding hydrogens is 236 g/mol. The number of rotatable bonds is 4. The second-order valence-electron chi connectivity index (χ2n) is 5.55. The normalized spacial score (nSPS) is 24.5. The van der Waals surface area contributed by atoms with Gasteiger partial charge < -0.3 is 10.6 Å². The molecule has 1 aromatic carbocycles. The van der Waals surface area contributed by atoms with Crippen LogP contribution in [-0.2, 0) is 4.79 Å². The number of hydrogen-bond acceptors (Lipinski definition) is 2. The lowest BCUT2D eigenvalue weighted by molar-refractivity contribution is -0.133. The third-order valence-corrected chi connectivity index (χ3v) is 4.19. The quantitative estimate of drug-likeness (QED) is 0.903. The van der Waals surface area contributed by atoms with Crippen molar-refractivity contribution in [3.63, 3.8) is 0 Å². The van der Waals surface area contributed by atoms with Crippen LogP contribution < -0.4 is 5.73 Å². The van der Waals surface area contributed by atoms with Crippen LogP contribution in [0.25, 0.3) is 0 Å². The van der Waals surface area contributed by atoms with E-state index in [1.807, 2.05) is 35.2 Å². The Bertz CT molecular complexity index is 418. The van der Waals surface area contributed by atoms with Gasteiger partial charge in [-0.1, -0.05) is 37.3 Å². The summed E-state index contributed by atoms with van der Waals surface area (Å²) in [6.07, 6.45) is 1.88. The molecule has 19 heavy (non-hydrogen) atoms. The molecule has 2 N–H and O–H groups in total. The van der Waals surface area contributed by atoms with E-state index in [4.69, 9.17) is 5.73 Å². The Morgan fingerprint density at radius 1 is 1.42 bits per heavy atom. The molecule has 1 aliphatic heterocycles. The fourth-order valence-electron chi connectivity index (χ4n) is 3.06. The van der Waals surface area contributed by atoms with E-state index in [1.54, 1.807) is 0 Å². The molecule has 0 radical (unpaired) electrons. The zero-order valence-electron chi connectivity index (χ0n) is 11.9. The van der Waals surface area contributed by atoms with Gasteiger partial charge in [-0.2, -0.15) is 0 Å². The Hall–Kier alpha value is -1.35. The molecule has 1 aromatic rings. The van der Waals surface area contributed by atoms with E-state index in [9.17, 15) is 4.79 Å². The van der Waals surface area contributed by atoms with Gasteiger partial charge in [-0.25, -0.2) is 0 Å². The molecule has 0 aromatic heterocycles. The van der Waals surface area contributed by atoms with Crippen LogP contribution in [0, 0.1) is 5.92 Å². The fraction of sp³-hybridized carbons (Fsp3) is 0.562. The topological polar surface area (TPSA) is 46.3 Å². The molecule has 1 heterocycles. The third kappa shape index (κ3) is 2.98. The number of nitrogens with two attached hydrogens (primary N) is 1. The molecule has 2 rings (SSSR count). The summed E-state index contributed by atoms with van der Waals surface area (Å²) in [5.41, 5.74) is 6.86. The van der Waals surface area contributed by atoms with Crippen molar-refractivity contribution in [2.75, 3.05) is 13.1 Å². The summed E-state index contributed by atoms with van der Waals surface area (Å²) in [5.74, 6) is 0.713. The molecule has 1 amide bonds. The maximum Gasteiger partial charge on any atom is 0.230 e. The van der Waals surface area contributed by atoms with Crippen molar-refractivity contribution in [1.29, 1.82) is 0 Å². The summed E-state index contributed by atoms with van der Waals surface area (Å²) in [4.78, 5) is 14.8. The van der Waals surface area contributed by atoms with Crippen LogP contribution in [0.4, 0.5) is 0 Å². The van der Waals surface area contributed by atoms with Gasteiger partial charge in [0.15, 0.2) is 0 Å². The first-order valence-corrected chi connectivity index (χ1v) is 7.22. The maximum atomic E-state index is 12.7. The number of benzene rings is 1. The van der Waals surface area contributed by atoms with Gasteiger partial charge in [-0.3, -0.25) is 4.79 Å². The Balaban J connectivity index is 2.14. The first kappa shape index (κ1) is 14.1. The van der Waals surface area contributed by atoms with Gasteiger partial charge in [0.2, 0.25) is 5.91 Å². The van der Waals surface area contributed by atoms with Crippen LogP contribution in [0.5, 0.6) is 0 Å². The molecule has 3 unspecified atom stereocenters. The van der Waals surface area contributed by atoms with Crippen molar-refractivity contribution in [1.82, 2.24) is 4.90 Å². The summed E-state index contributed by atoms with van der Waals surface area (Å²) in [7, 11) is 0. The van der Waals surface area contributed by atoms with Crippen LogP contribution in [0.1, 0.15) is 38.2 Å². The van der Waals surface area contributed by atoms with E-state index < -0.39 is 0 Å². The zero-order chi connectivity index (χ0) is 13.8. The zero-order valence-corrected chi connectivity index (χ0v) is 11.9. The van der Waals surface area contributed by atoms with Crippen molar-refractivity contribution >= 4 is 5.91 Å². The number of hydrogen-bond donors (Lipinski definition) is 1. The lowest BCUT2D eigenvalue weighted by atomic mass is 9.95. The standard InChI is InChI=1S/C16H24N2O/c1-3-15(14-7-5-4-6-8-14)16(19)18-11-13(10-17)9-12(18)2/h4-8,12-13,15H,3,9-11,17H2,1-2H3. The highest BCUT2D eigenvalue weighted by Crippen LogP contribution is 2.28. The SMILES string of the molecule is CCC(C(=O)N1CC(CN)CC1C)c1ccccc1. The molecule has 104 valence electrons. The highest BCUT2D eigenvalue weighted by molar-refractivity contribution is 5.84. The summed E-state index contributed by atoms with van der Waals surface area (Å²) >= 11 is 0. The molecule has 3 heteroatoms. The van der Waals surface area contributed by atoms with Crippen molar-refractivity contribution < 1.29 is 4.79 Å². The lowest BCUT2D eigenvalue weighted by Crippen LogP contribution is -2.37. The summed E-state index contributed by atoms with van der Waals surface area (Å²) in [5, 5.41) is 0. The molecule has 3 atom stereocenters. The number of nitrogens with zero attached hydrogens (tertiary/aromatic N) is 1. The van der Waals surface area contributed by atoms with Gasteiger partial charge in [-0.05, 0) is 37.8 Å². The van der Waals surface area contributed by atoms with Crippen molar-refractivity contribution in [2.24, 2.45) is 11.7 Å². The Labute approximate surface area is 115 Å². The lowest BCUT2D eigenvalue weighted by Gasteiger charge is -2.26. The first-order valence-electron chi connectivity index (χ1n) is 7.22. The molecule has 1 aliphatic rings. The molecule has 3 nitrogen and oxygen atoms in total. The molecule has 1 fully saturated rings. The van der Waals surface area contributed by atoms with Crippen molar-refractivity contribution in [2.45, 2.75) is 38.6 Å². The molecule has 0 spiro atoms. The van der Waals surface area contributed by atoms with Crippen molar-refractivity contribution in [3.8, 4) is 0 Å². The summed E-state index contributed by atoms with van der Waals surface area (Å²) in [6.45, 7) is 5.71. The fourth-order valence-corrected chi connectivity index (χ4v) is 3.06. The van der Waals surface area contributed by atoms with Crippen LogP contribution in [-0.4, -0.2) is 29.9 Å². The number of carbonyl (C=O) groups excluding carboxylic acids is 1. The predicted octanol–water partition coefficient (Wildman–Crippen LogP) is 2.38. The number of carbonyl (C=O) groups is 1. The van der Waals surface area contributed by atoms with E-state index in [0.29, 0.717) is 18.5 Å². The van der Waals surface area contributed by atoms with E-state index in [-0.39, 0.29) is 11.8 Å². The Morgan fingerprint density at radius 3 is 2.63 bits per heavy atom. The van der Waals surface area contributed by atoms with Gasteiger partial charge in [0.05, 0.1) is 5.92 Å². The highest BCUT2D eigenvalue weighted by atomic mass is 16.2. The minimum absolute atomic E-state index is 0.0137. The highest BCUT2D eigenvalue weighted by Gasteiger charge is 2.34. The average molecular weight is 260 g/mol. The first-order chi connectivity index (χ1) is 9.17. The average Bonchev–Trinajstić information content (AvgIpc) is 2.82. The Morgan fingerprint density at radius 2 is 2.11 bits per heavy atom. The molecule has 0 aliphatic carbocycles. The molecule has 0 bridgehead atoms. The monoisotopic (exact) mass is 260 g/mol. The molecule has 0 saturated carbocycles. The third-order valence-electron chi connectivity index (χ3n) is 4.19. The van der Waals surface area contributed by atoms with Gasteiger partial charge in [-0.15, -0.1) is 0 Å². The molecular formula is C16H24N2O. The van der Waals surface area contributed by atoms with E-state index in [2.05, 4.69) is 13.8 Å². The maximum absolute atomic E-state index is 12.7. The largest absolute Gasteiger partial charge is 0.339 e. The second kappa shape index (κ2) is 6.20. The number of amides is 1. The van der Waals surface area contributed by atoms with Crippen molar-refractivity contribution in [3.05, 3.63) is 35.9 Å². The van der Waals surface area contributed by atoms with Gasteiger partial charge in [0.25, 0.3) is 0 Å². The van der Waals surface area contributed by atoms with E-state index >= 15 is 0 Å².